The molecule has 3 aromatic rings. The zero-order valence-corrected chi connectivity index (χ0v) is 17.5. The first-order valence-electron chi connectivity index (χ1n) is 10.1. The molecule has 1 aliphatic rings. The van der Waals surface area contributed by atoms with Crippen molar-refractivity contribution in [2.75, 3.05) is 12.1 Å². The molecule has 1 aliphatic heterocycles. The van der Waals surface area contributed by atoms with Gasteiger partial charge in [0.05, 0.1) is 6.54 Å². The molecule has 0 fully saturated rings. The maximum absolute atomic E-state index is 12.9. The third kappa shape index (κ3) is 5.19. The lowest BCUT2D eigenvalue weighted by atomic mass is 10.0. The summed E-state index contributed by atoms with van der Waals surface area (Å²) >= 11 is 0. The van der Waals surface area contributed by atoms with Gasteiger partial charge < -0.3 is 14.8 Å². The SMILES string of the molecule is CC(C)c1cccc(NC(=NCc2ccncc2)NC(=O)c2ccc3c(c2)OCO3)c1. The van der Waals surface area contributed by atoms with Crippen LogP contribution in [0, 0.1) is 0 Å². The number of fused-ring (bicyclic) bond motifs is 1. The number of carbonyl (C=O) groups excluding carboxylic acids is 1. The van der Waals surface area contributed by atoms with Gasteiger partial charge in [0.25, 0.3) is 5.91 Å². The lowest BCUT2D eigenvalue weighted by Crippen LogP contribution is -2.36. The van der Waals surface area contributed by atoms with Gasteiger partial charge in [0, 0.05) is 23.6 Å². The highest BCUT2D eigenvalue weighted by atomic mass is 16.7. The molecule has 7 heteroatoms. The molecule has 0 unspecified atom stereocenters. The molecular formula is C24H24N4O3. The van der Waals surface area contributed by atoms with Crippen LogP contribution in [0.4, 0.5) is 5.69 Å². The first-order valence-corrected chi connectivity index (χ1v) is 10.1. The number of hydrogen-bond donors (Lipinski definition) is 2. The highest BCUT2D eigenvalue weighted by molar-refractivity contribution is 6.10. The first kappa shape index (κ1) is 20.4. The number of guanidine groups is 1. The number of amides is 1. The van der Waals surface area contributed by atoms with Gasteiger partial charge >= 0.3 is 0 Å². The van der Waals surface area contributed by atoms with Crippen molar-refractivity contribution in [3.8, 4) is 11.5 Å². The van der Waals surface area contributed by atoms with Crippen LogP contribution in [0.25, 0.3) is 0 Å². The monoisotopic (exact) mass is 416 g/mol. The molecule has 0 saturated carbocycles. The van der Waals surface area contributed by atoms with Crippen molar-refractivity contribution in [3.05, 3.63) is 83.7 Å². The second kappa shape index (κ2) is 9.30. The van der Waals surface area contributed by atoms with E-state index in [1.54, 1.807) is 30.6 Å². The second-order valence-corrected chi connectivity index (χ2v) is 7.45. The molecule has 1 amide bonds. The Labute approximate surface area is 181 Å². The number of benzene rings is 2. The van der Waals surface area contributed by atoms with Crippen LogP contribution < -0.4 is 20.1 Å². The maximum Gasteiger partial charge on any atom is 0.258 e. The van der Waals surface area contributed by atoms with E-state index in [1.807, 2.05) is 24.3 Å². The fourth-order valence-corrected chi connectivity index (χ4v) is 3.10. The van der Waals surface area contributed by atoms with Crippen molar-refractivity contribution >= 4 is 17.6 Å². The summed E-state index contributed by atoms with van der Waals surface area (Å²) in [7, 11) is 0. The van der Waals surface area contributed by atoms with E-state index < -0.39 is 0 Å². The number of aliphatic imine (C=N–C) groups is 1. The summed E-state index contributed by atoms with van der Waals surface area (Å²) in [4.78, 5) is 21.5. The lowest BCUT2D eigenvalue weighted by Gasteiger charge is -2.14. The highest BCUT2D eigenvalue weighted by Crippen LogP contribution is 2.32. The Bertz CT molecular complexity index is 1100. The van der Waals surface area contributed by atoms with Gasteiger partial charge in [-0.25, -0.2) is 4.99 Å². The molecule has 7 nitrogen and oxygen atoms in total. The zero-order chi connectivity index (χ0) is 21.6. The van der Waals surface area contributed by atoms with Crippen LogP contribution in [0.3, 0.4) is 0 Å². The van der Waals surface area contributed by atoms with Crippen molar-refractivity contribution in [1.29, 1.82) is 0 Å². The highest BCUT2D eigenvalue weighted by Gasteiger charge is 2.17. The van der Waals surface area contributed by atoms with Crippen LogP contribution in [0.2, 0.25) is 0 Å². The number of ether oxygens (including phenoxy) is 2. The molecule has 0 spiro atoms. The van der Waals surface area contributed by atoms with Gasteiger partial charge in [-0.2, -0.15) is 0 Å². The molecule has 0 atom stereocenters. The van der Waals surface area contributed by atoms with Crippen LogP contribution in [0.5, 0.6) is 11.5 Å². The molecule has 0 radical (unpaired) electrons. The van der Waals surface area contributed by atoms with Crippen molar-refractivity contribution in [2.24, 2.45) is 4.99 Å². The molecule has 31 heavy (non-hydrogen) atoms. The molecule has 0 saturated heterocycles. The number of anilines is 1. The standard InChI is InChI=1S/C24H24N4O3/c1-16(2)18-4-3-5-20(12-18)27-24(26-14-17-8-10-25-11-9-17)28-23(29)19-6-7-21-22(13-19)31-15-30-21/h3-13,16H,14-15H2,1-2H3,(H2,26,27,28,29). The fraction of sp³-hybridized carbons (Fsp3) is 0.208. The molecule has 0 bridgehead atoms. The van der Waals surface area contributed by atoms with Crippen LogP contribution in [0.1, 0.15) is 41.3 Å². The average Bonchev–Trinajstić information content (AvgIpc) is 3.26. The van der Waals surface area contributed by atoms with Crippen LogP contribution in [-0.2, 0) is 6.54 Å². The summed E-state index contributed by atoms with van der Waals surface area (Å²) < 4.78 is 10.7. The third-order valence-electron chi connectivity index (χ3n) is 4.85. The summed E-state index contributed by atoms with van der Waals surface area (Å²) in [6.07, 6.45) is 3.44. The summed E-state index contributed by atoms with van der Waals surface area (Å²) in [5, 5.41) is 6.12. The van der Waals surface area contributed by atoms with Crippen molar-refractivity contribution in [2.45, 2.75) is 26.3 Å². The van der Waals surface area contributed by atoms with E-state index in [1.165, 1.54) is 5.56 Å². The lowest BCUT2D eigenvalue weighted by molar-refractivity contribution is 0.0976. The van der Waals surface area contributed by atoms with E-state index in [4.69, 9.17) is 9.47 Å². The summed E-state index contributed by atoms with van der Waals surface area (Å²) in [5.74, 6) is 1.65. The average molecular weight is 416 g/mol. The minimum atomic E-state index is -0.292. The van der Waals surface area contributed by atoms with E-state index >= 15 is 0 Å². The number of aromatic nitrogens is 1. The van der Waals surface area contributed by atoms with E-state index in [9.17, 15) is 4.79 Å². The van der Waals surface area contributed by atoms with Gasteiger partial charge in [0.2, 0.25) is 12.8 Å². The summed E-state index contributed by atoms with van der Waals surface area (Å²) in [5.41, 5.74) is 3.49. The van der Waals surface area contributed by atoms with Crippen LogP contribution in [0.15, 0.2) is 72.0 Å². The van der Waals surface area contributed by atoms with Crippen molar-refractivity contribution in [1.82, 2.24) is 10.3 Å². The normalized spacial score (nSPS) is 12.7. The smallest absolute Gasteiger partial charge is 0.258 e. The van der Waals surface area contributed by atoms with Crippen molar-refractivity contribution in [3.63, 3.8) is 0 Å². The molecule has 2 N–H and O–H groups in total. The zero-order valence-electron chi connectivity index (χ0n) is 17.5. The van der Waals surface area contributed by atoms with Gasteiger partial charge in [0.1, 0.15) is 0 Å². The molecular weight excluding hydrogens is 392 g/mol. The minimum absolute atomic E-state index is 0.160. The van der Waals surface area contributed by atoms with Gasteiger partial charge in [-0.15, -0.1) is 0 Å². The molecule has 4 rings (SSSR count). The summed E-state index contributed by atoms with van der Waals surface area (Å²) in [6.45, 7) is 4.83. The maximum atomic E-state index is 12.9. The third-order valence-corrected chi connectivity index (χ3v) is 4.85. The molecule has 2 aromatic carbocycles. The number of hydrogen-bond acceptors (Lipinski definition) is 5. The van der Waals surface area contributed by atoms with Crippen LogP contribution >= 0.6 is 0 Å². The van der Waals surface area contributed by atoms with Crippen molar-refractivity contribution < 1.29 is 14.3 Å². The topological polar surface area (TPSA) is 84.8 Å². The number of carbonyl (C=O) groups is 1. The molecule has 158 valence electrons. The Hall–Kier alpha value is -3.87. The Morgan fingerprint density at radius 1 is 1.06 bits per heavy atom. The first-order chi connectivity index (χ1) is 15.1. The Balaban J connectivity index is 1.55. The van der Waals surface area contributed by atoms with Gasteiger partial charge in [0.15, 0.2) is 11.5 Å². The number of nitrogens with one attached hydrogen (secondary N) is 2. The van der Waals surface area contributed by atoms with Gasteiger partial charge in [-0.1, -0.05) is 26.0 Å². The van der Waals surface area contributed by atoms with E-state index in [0.717, 1.165) is 11.3 Å². The molecule has 0 aliphatic carbocycles. The fourth-order valence-electron chi connectivity index (χ4n) is 3.10. The molecule has 2 heterocycles. The van der Waals surface area contributed by atoms with Crippen LogP contribution in [-0.4, -0.2) is 23.6 Å². The summed E-state index contributed by atoms with van der Waals surface area (Å²) in [6, 6.07) is 16.9. The Morgan fingerprint density at radius 2 is 1.87 bits per heavy atom. The second-order valence-electron chi connectivity index (χ2n) is 7.45. The number of rotatable bonds is 5. The largest absolute Gasteiger partial charge is 0.454 e. The Morgan fingerprint density at radius 3 is 2.68 bits per heavy atom. The quantitative estimate of drug-likeness (QED) is 0.478. The minimum Gasteiger partial charge on any atom is -0.454 e. The van der Waals surface area contributed by atoms with E-state index in [2.05, 4.69) is 46.6 Å². The predicted molar refractivity (Wildman–Crippen MR) is 120 cm³/mol. The predicted octanol–water partition coefficient (Wildman–Crippen LogP) is 4.33. The Kier molecular flexibility index (Phi) is 6.12. The molecule has 1 aromatic heterocycles. The van der Waals surface area contributed by atoms with E-state index in [0.29, 0.717) is 35.5 Å². The van der Waals surface area contributed by atoms with Gasteiger partial charge in [-0.3, -0.25) is 15.1 Å². The number of pyridine rings is 1. The number of nitrogens with zero attached hydrogens (tertiary/aromatic N) is 2. The van der Waals surface area contributed by atoms with E-state index in [-0.39, 0.29) is 12.7 Å². The van der Waals surface area contributed by atoms with Gasteiger partial charge in [-0.05, 0) is 59.5 Å².